The van der Waals surface area contributed by atoms with Crippen molar-refractivity contribution in [1.29, 1.82) is 0 Å². The molecule has 6 heteroatoms. The summed E-state index contributed by atoms with van der Waals surface area (Å²) in [6.07, 6.45) is 0. The van der Waals surface area contributed by atoms with Crippen molar-refractivity contribution in [1.82, 2.24) is 5.16 Å². The molecule has 0 aliphatic heterocycles. The van der Waals surface area contributed by atoms with Gasteiger partial charge in [-0.2, -0.15) is 0 Å². The van der Waals surface area contributed by atoms with Crippen LogP contribution in [0.2, 0.25) is 0 Å². The third kappa shape index (κ3) is 2.89. The van der Waals surface area contributed by atoms with Gasteiger partial charge < -0.3 is 14.9 Å². The first-order valence-corrected chi connectivity index (χ1v) is 6.04. The van der Waals surface area contributed by atoms with E-state index in [1.807, 2.05) is 25.1 Å². The number of aromatic carboxylic acids is 1. The summed E-state index contributed by atoms with van der Waals surface area (Å²) >= 11 is 3.44. The van der Waals surface area contributed by atoms with Crippen LogP contribution in [0.3, 0.4) is 0 Å². The number of nitrogens with zero attached hydrogens (tertiary/aromatic N) is 1. The van der Waals surface area contributed by atoms with Crippen molar-refractivity contribution >= 4 is 27.6 Å². The van der Waals surface area contributed by atoms with E-state index in [1.54, 1.807) is 0 Å². The predicted octanol–water partition coefficient (Wildman–Crippen LogP) is 3.06. The van der Waals surface area contributed by atoms with E-state index in [9.17, 15) is 4.79 Å². The van der Waals surface area contributed by atoms with Gasteiger partial charge in [0.25, 0.3) is 0 Å². The molecule has 0 saturated heterocycles. The second kappa shape index (κ2) is 5.22. The number of rotatable bonds is 4. The summed E-state index contributed by atoms with van der Waals surface area (Å²) in [5.41, 5.74) is 1.98. The van der Waals surface area contributed by atoms with Crippen LogP contribution in [0.5, 0.6) is 0 Å². The van der Waals surface area contributed by atoms with E-state index in [-0.39, 0.29) is 5.69 Å². The summed E-state index contributed by atoms with van der Waals surface area (Å²) in [7, 11) is 0. The smallest absolute Gasteiger partial charge is 0.358 e. The Morgan fingerprint density at radius 1 is 1.50 bits per heavy atom. The van der Waals surface area contributed by atoms with Crippen LogP contribution in [0.25, 0.3) is 0 Å². The zero-order valence-electron chi connectivity index (χ0n) is 9.61. The molecular formula is C12H11BrN2O3. The molecule has 2 rings (SSSR count). The van der Waals surface area contributed by atoms with Crippen molar-refractivity contribution in [3.63, 3.8) is 0 Å². The molecule has 0 fully saturated rings. The Morgan fingerprint density at radius 3 is 2.89 bits per heavy atom. The van der Waals surface area contributed by atoms with Crippen LogP contribution in [0.15, 0.2) is 33.3 Å². The van der Waals surface area contributed by atoms with Gasteiger partial charge in [0.15, 0.2) is 11.5 Å². The van der Waals surface area contributed by atoms with Gasteiger partial charge in [-0.3, -0.25) is 0 Å². The van der Waals surface area contributed by atoms with Crippen molar-refractivity contribution in [2.45, 2.75) is 13.5 Å². The maximum absolute atomic E-state index is 10.6. The molecule has 1 aromatic heterocycles. The molecule has 0 radical (unpaired) electrons. The lowest BCUT2D eigenvalue weighted by atomic mass is 10.2. The van der Waals surface area contributed by atoms with Crippen molar-refractivity contribution < 1.29 is 14.4 Å². The molecule has 0 aliphatic carbocycles. The average molecular weight is 311 g/mol. The number of hydrogen-bond acceptors (Lipinski definition) is 4. The van der Waals surface area contributed by atoms with Gasteiger partial charge >= 0.3 is 5.97 Å². The first-order chi connectivity index (χ1) is 8.56. The minimum atomic E-state index is -1.09. The Balaban J connectivity index is 2.02. The molecule has 94 valence electrons. The number of benzene rings is 1. The molecule has 0 aliphatic rings. The second-order valence-corrected chi connectivity index (χ2v) is 4.66. The van der Waals surface area contributed by atoms with E-state index >= 15 is 0 Å². The molecular weight excluding hydrogens is 300 g/mol. The highest BCUT2D eigenvalue weighted by molar-refractivity contribution is 9.10. The number of hydrogen-bond donors (Lipinski definition) is 2. The first-order valence-electron chi connectivity index (χ1n) is 5.25. The fraction of sp³-hybridized carbons (Fsp3) is 0.167. The largest absolute Gasteiger partial charge is 0.476 e. The summed E-state index contributed by atoms with van der Waals surface area (Å²) in [6, 6.07) is 7.27. The van der Waals surface area contributed by atoms with Gasteiger partial charge in [-0.15, -0.1) is 0 Å². The van der Waals surface area contributed by atoms with Crippen LogP contribution in [-0.2, 0) is 6.54 Å². The van der Waals surface area contributed by atoms with Crippen molar-refractivity contribution in [3.05, 3.63) is 45.8 Å². The molecule has 1 heterocycles. The number of halogens is 1. The zero-order valence-corrected chi connectivity index (χ0v) is 11.2. The fourth-order valence-corrected chi connectivity index (χ4v) is 1.77. The van der Waals surface area contributed by atoms with Crippen molar-refractivity contribution in [3.8, 4) is 0 Å². The van der Waals surface area contributed by atoms with Gasteiger partial charge in [0.05, 0.1) is 6.54 Å². The van der Waals surface area contributed by atoms with E-state index in [0.29, 0.717) is 12.3 Å². The quantitative estimate of drug-likeness (QED) is 0.907. The Bertz CT molecular complexity index is 580. The normalized spacial score (nSPS) is 10.3. The Morgan fingerprint density at radius 2 is 2.28 bits per heavy atom. The third-order valence-corrected chi connectivity index (χ3v) is 3.27. The number of carboxylic acids is 1. The Labute approximate surface area is 112 Å². The van der Waals surface area contributed by atoms with Gasteiger partial charge in [0.2, 0.25) is 0 Å². The molecule has 0 amide bonds. The summed E-state index contributed by atoms with van der Waals surface area (Å²) < 4.78 is 5.91. The number of aromatic nitrogens is 1. The molecule has 0 bridgehead atoms. The molecule has 0 atom stereocenters. The zero-order chi connectivity index (χ0) is 13.1. The van der Waals surface area contributed by atoms with Crippen LogP contribution in [0, 0.1) is 6.92 Å². The molecule has 2 N–H and O–H groups in total. The Kier molecular flexibility index (Phi) is 3.66. The lowest BCUT2D eigenvalue weighted by Gasteiger charge is -2.05. The van der Waals surface area contributed by atoms with Crippen LogP contribution in [0.4, 0.5) is 5.69 Å². The van der Waals surface area contributed by atoms with Crippen LogP contribution >= 0.6 is 15.9 Å². The topological polar surface area (TPSA) is 75.4 Å². The average Bonchev–Trinajstić information content (AvgIpc) is 2.79. The number of carboxylic acid groups (broad SMARTS) is 1. The van der Waals surface area contributed by atoms with Gasteiger partial charge in [0.1, 0.15) is 0 Å². The monoisotopic (exact) mass is 310 g/mol. The number of carbonyl (C=O) groups is 1. The van der Waals surface area contributed by atoms with E-state index in [0.717, 1.165) is 15.7 Å². The summed E-state index contributed by atoms with van der Waals surface area (Å²) in [4.78, 5) is 10.6. The number of aryl methyl sites for hydroxylation is 1. The van der Waals surface area contributed by atoms with Crippen LogP contribution in [0.1, 0.15) is 21.8 Å². The molecule has 5 nitrogen and oxygen atoms in total. The van der Waals surface area contributed by atoms with E-state index in [2.05, 4.69) is 26.4 Å². The van der Waals surface area contributed by atoms with E-state index < -0.39 is 5.97 Å². The fourth-order valence-electron chi connectivity index (χ4n) is 1.39. The number of nitrogens with one attached hydrogen (secondary N) is 1. The Hall–Kier alpha value is -1.82. The molecule has 0 unspecified atom stereocenters. The maximum Gasteiger partial charge on any atom is 0.358 e. The minimum Gasteiger partial charge on any atom is -0.476 e. The second-order valence-electron chi connectivity index (χ2n) is 3.80. The van der Waals surface area contributed by atoms with Gasteiger partial charge in [0, 0.05) is 16.2 Å². The highest BCUT2D eigenvalue weighted by Crippen LogP contribution is 2.21. The predicted molar refractivity (Wildman–Crippen MR) is 69.7 cm³/mol. The van der Waals surface area contributed by atoms with E-state index in [4.69, 9.17) is 9.63 Å². The molecule has 0 spiro atoms. The summed E-state index contributed by atoms with van der Waals surface area (Å²) in [5, 5.41) is 15.3. The number of anilines is 1. The highest BCUT2D eigenvalue weighted by Gasteiger charge is 2.10. The summed E-state index contributed by atoms with van der Waals surface area (Å²) in [6.45, 7) is 2.39. The third-order valence-electron chi connectivity index (χ3n) is 2.42. The lowest BCUT2D eigenvalue weighted by molar-refractivity contribution is 0.0685. The SMILES string of the molecule is Cc1ccc(NCc2cc(C(=O)O)no2)cc1Br. The summed E-state index contributed by atoms with van der Waals surface area (Å²) in [5.74, 6) is -0.618. The van der Waals surface area contributed by atoms with Crippen LogP contribution < -0.4 is 5.32 Å². The highest BCUT2D eigenvalue weighted by atomic mass is 79.9. The van der Waals surface area contributed by atoms with Gasteiger partial charge in [-0.25, -0.2) is 4.79 Å². The van der Waals surface area contributed by atoms with Gasteiger partial charge in [-0.1, -0.05) is 27.2 Å². The molecule has 0 saturated carbocycles. The first kappa shape index (κ1) is 12.6. The molecule has 1 aromatic carbocycles. The molecule has 2 aromatic rings. The van der Waals surface area contributed by atoms with Crippen molar-refractivity contribution in [2.24, 2.45) is 0 Å². The van der Waals surface area contributed by atoms with Crippen LogP contribution in [-0.4, -0.2) is 16.2 Å². The maximum atomic E-state index is 10.6. The van der Waals surface area contributed by atoms with Gasteiger partial charge in [-0.05, 0) is 24.6 Å². The minimum absolute atomic E-state index is 0.0862. The standard InChI is InChI=1S/C12H11BrN2O3/c1-7-2-3-8(4-10(7)13)14-6-9-5-11(12(16)17)15-18-9/h2-5,14H,6H2,1H3,(H,16,17). The lowest BCUT2D eigenvalue weighted by Crippen LogP contribution is -1.98. The van der Waals surface area contributed by atoms with Crippen molar-refractivity contribution in [2.75, 3.05) is 5.32 Å². The molecule has 18 heavy (non-hydrogen) atoms. The van der Waals surface area contributed by atoms with E-state index in [1.165, 1.54) is 6.07 Å².